The number of carbonyl (C=O) groups is 1. The molecule has 0 spiro atoms. The van der Waals surface area contributed by atoms with Gasteiger partial charge in [0.15, 0.2) is 0 Å². The SMILES string of the molecule is O=C1CC2CNCCC2N1c1ccccc1Br. The Balaban J connectivity index is 1.96. The lowest BCUT2D eigenvalue weighted by Crippen LogP contribution is -2.44. The van der Waals surface area contributed by atoms with Crippen LogP contribution in [0.2, 0.25) is 0 Å². The lowest BCUT2D eigenvalue weighted by molar-refractivity contribution is -0.117. The highest BCUT2D eigenvalue weighted by atomic mass is 79.9. The van der Waals surface area contributed by atoms with Crippen molar-refractivity contribution in [2.75, 3.05) is 18.0 Å². The number of amides is 1. The molecular weight excluding hydrogens is 280 g/mol. The molecule has 2 atom stereocenters. The second-order valence-electron chi connectivity index (χ2n) is 4.74. The van der Waals surface area contributed by atoms with Gasteiger partial charge in [0, 0.05) is 29.4 Å². The van der Waals surface area contributed by atoms with Crippen LogP contribution in [0.3, 0.4) is 0 Å². The van der Waals surface area contributed by atoms with Crippen LogP contribution in [0.15, 0.2) is 28.7 Å². The Morgan fingerprint density at radius 2 is 2.18 bits per heavy atom. The van der Waals surface area contributed by atoms with Crippen LogP contribution >= 0.6 is 15.9 Å². The minimum atomic E-state index is 0.260. The Hall–Kier alpha value is -0.870. The van der Waals surface area contributed by atoms with Crippen LogP contribution in [0.5, 0.6) is 0 Å². The lowest BCUT2D eigenvalue weighted by atomic mass is 9.94. The summed E-state index contributed by atoms with van der Waals surface area (Å²) in [5.41, 5.74) is 1.02. The van der Waals surface area contributed by atoms with Crippen molar-refractivity contribution in [1.82, 2.24) is 5.32 Å². The van der Waals surface area contributed by atoms with E-state index < -0.39 is 0 Å². The number of anilines is 1. The molecule has 4 heteroatoms. The molecule has 1 aromatic rings. The molecular formula is C13H15BrN2O. The Morgan fingerprint density at radius 1 is 1.35 bits per heavy atom. The maximum atomic E-state index is 12.2. The van der Waals surface area contributed by atoms with Crippen molar-refractivity contribution in [3.63, 3.8) is 0 Å². The summed E-state index contributed by atoms with van der Waals surface area (Å²) in [6.07, 6.45) is 1.73. The topological polar surface area (TPSA) is 32.3 Å². The number of benzene rings is 1. The van der Waals surface area contributed by atoms with E-state index in [2.05, 4.69) is 21.2 Å². The van der Waals surface area contributed by atoms with Gasteiger partial charge in [0.2, 0.25) is 5.91 Å². The van der Waals surface area contributed by atoms with E-state index in [9.17, 15) is 4.79 Å². The largest absolute Gasteiger partial charge is 0.316 e. The van der Waals surface area contributed by atoms with Gasteiger partial charge in [-0.15, -0.1) is 0 Å². The van der Waals surface area contributed by atoms with Gasteiger partial charge in [0.25, 0.3) is 0 Å². The van der Waals surface area contributed by atoms with E-state index in [-0.39, 0.29) is 5.91 Å². The zero-order valence-corrected chi connectivity index (χ0v) is 11.1. The molecule has 0 aromatic heterocycles. The molecule has 2 aliphatic rings. The highest BCUT2D eigenvalue weighted by molar-refractivity contribution is 9.10. The summed E-state index contributed by atoms with van der Waals surface area (Å²) >= 11 is 3.54. The summed E-state index contributed by atoms with van der Waals surface area (Å²) < 4.78 is 1.01. The van der Waals surface area contributed by atoms with Crippen molar-refractivity contribution in [2.24, 2.45) is 5.92 Å². The van der Waals surface area contributed by atoms with E-state index in [0.717, 1.165) is 29.7 Å². The molecule has 0 aliphatic carbocycles. The van der Waals surface area contributed by atoms with Crippen molar-refractivity contribution in [1.29, 1.82) is 0 Å². The van der Waals surface area contributed by atoms with Gasteiger partial charge in [0.1, 0.15) is 0 Å². The number of nitrogens with zero attached hydrogens (tertiary/aromatic N) is 1. The second-order valence-corrected chi connectivity index (χ2v) is 5.59. The van der Waals surface area contributed by atoms with E-state index in [1.165, 1.54) is 0 Å². The molecule has 2 fully saturated rings. The van der Waals surface area contributed by atoms with Crippen LogP contribution in [0, 0.1) is 5.92 Å². The van der Waals surface area contributed by atoms with Crippen LogP contribution in [0.4, 0.5) is 5.69 Å². The van der Waals surface area contributed by atoms with Crippen molar-refractivity contribution in [2.45, 2.75) is 18.9 Å². The normalized spacial score (nSPS) is 28.3. The molecule has 0 bridgehead atoms. The molecule has 2 unspecified atom stereocenters. The Bertz CT molecular complexity index is 449. The monoisotopic (exact) mass is 294 g/mol. The summed E-state index contributed by atoms with van der Waals surface area (Å²) in [6, 6.07) is 8.36. The van der Waals surface area contributed by atoms with E-state index >= 15 is 0 Å². The number of nitrogens with one attached hydrogen (secondary N) is 1. The fourth-order valence-corrected chi connectivity index (χ4v) is 3.40. The molecule has 17 heavy (non-hydrogen) atoms. The third-order valence-electron chi connectivity index (χ3n) is 3.72. The molecule has 1 N–H and O–H groups in total. The Morgan fingerprint density at radius 3 is 3.00 bits per heavy atom. The molecule has 1 amide bonds. The maximum absolute atomic E-state index is 12.2. The minimum Gasteiger partial charge on any atom is -0.316 e. The number of rotatable bonds is 1. The molecule has 0 saturated carbocycles. The highest BCUT2D eigenvalue weighted by Crippen LogP contribution is 2.37. The van der Waals surface area contributed by atoms with E-state index in [1.807, 2.05) is 29.2 Å². The van der Waals surface area contributed by atoms with Gasteiger partial charge >= 0.3 is 0 Å². The Kier molecular flexibility index (Phi) is 2.92. The predicted octanol–water partition coefficient (Wildman–Crippen LogP) is 2.16. The van der Waals surface area contributed by atoms with Gasteiger partial charge in [0.05, 0.1) is 5.69 Å². The number of para-hydroxylation sites is 1. The number of fused-ring (bicyclic) bond motifs is 1. The first-order chi connectivity index (χ1) is 8.27. The van der Waals surface area contributed by atoms with Crippen LogP contribution in [-0.4, -0.2) is 25.0 Å². The lowest BCUT2D eigenvalue weighted by Gasteiger charge is -2.32. The molecule has 3 nitrogen and oxygen atoms in total. The standard InChI is InChI=1S/C13H15BrN2O/c14-10-3-1-2-4-12(10)16-11-5-6-15-8-9(11)7-13(16)17/h1-4,9,11,15H,5-8H2. The molecule has 2 aliphatic heterocycles. The minimum absolute atomic E-state index is 0.260. The van der Waals surface area contributed by atoms with E-state index in [0.29, 0.717) is 18.4 Å². The van der Waals surface area contributed by atoms with Gasteiger partial charge in [-0.05, 0) is 41.0 Å². The van der Waals surface area contributed by atoms with E-state index in [4.69, 9.17) is 0 Å². The first-order valence-corrected chi connectivity index (χ1v) is 6.84. The van der Waals surface area contributed by atoms with E-state index in [1.54, 1.807) is 0 Å². The number of hydrogen-bond acceptors (Lipinski definition) is 2. The fraction of sp³-hybridized carbons (Fsp3) is 0.462. The summed E-state index contributed by atoms with van der Waals surface area (Å²) in [5, 5.41) is 3.37. The third-order valence-corrected chi connectivity index (χ3v) is 4.39. The van der Waals surface area contributed by atoms with Gasteiger partial charge < -0.3 is 10.2 Å². The van der Waals surface area contributed by atoms with Crippen LogP contribution < -0.4 is 10.2 Å². The first kappa shape index (κ1) is 11.2. The quantitative estimate of drug-likeness (QED) is 0.861. The molecule has 3 rings (SSSR count). The second kappa shape index (κ2) is 4.42. The zero-order chi connectivity index (χ0) is 11.8. The molecule has 1 aromatic carbocycles. The first-order valence-electron chi connectivity index (χ1n) is 6.04. The molecule has 90 valence electrons. The predicted molar refractivity (Wildman–Crippen MR) is 71.0 cm³/mol. The fourth-order valence-electron chi connectivity index (χ4n) is 2.92. The van der Waals surface area contributed by atoms with Gasteiger partial charge in [-0.1, -0.05) is 12.1 Å². The Labute approximate surface area is 109 Å². The van der Waals surface area contributed by atoms with Gasteiger partial charge in [-0.25, -0.2) is 0 Å². The average molecular weight is 295 g/mol. The maximum Gasteiger partial charge on any atom is 0.227 e. The van der Waals surface area contributed by atoms with Crippen LogP contribution in [-0.2, 0) is 4.79 Å². The summed E-state index contributed by atoms with van der Waals surface area (Å²) in [7, 11) is 0. The number of halogens is 1. The molecule has 0 radical (unpaired) electrons. The molecule has 2 saturated heterocycles. The van der Waals surface area contributed by atoms with Crippen molar-refractivity contribution >= 4 is 27.5 Å². The number of carbonyl (C=O) groups excluding carboxylic acids is 1. The summed E-state index contributed by atoms with van der Waals surface area (Å²) in [5.74, 6) is 0.735. The number of hydrogen-bond donors (Lipinski definition) is 1. The summed E-state index contributed by atoms with van der Waals surface area (Å²) in [4.78, 5) is 14.2. The highest BCUT2D eigenvalue weighted by Gasteiger charge is 2.41. The zero-order valence-electron chi connectivity index (χ0n) is 9.53. The van der Waals surface area contributed by atoms with Crippen LogP contribution in [0.1, 0.15) is 12.8 Å². The third kappa shape index (κ3) is 1.89. The van der Waals surface area contributed by atoms with Gasteiger partial charge in [-0.3, -0.25) is 4.79 Å². The van der Waals surface area contributed by atoms with Crippen LogP contribution in [0.25, 0.3) is 0 Å². The average Bonchev–Trinajstić information content (AvgIpc) is 2.66. The van der Waals surface area contributed by atoms with Crippen molar-refractivity contribution in [3.8, 4) is 0 Å². The van der Waals surface area contributed by atoms with Crippen molar-refractivity contribution in [3.05, 3.63) is 28.7 Å². The van der Waals surface area contributed by atoms with Gasteiger partial charge in [-0.2, -0.15) is 0 Å². The molecule has 2 heterocycles. The smallest absolute Gasteiger partial charge is 0.227 e. The number of piperidine rings is 1. The van der Waals surface area contributed by atoms with Crippen molar-refractivity contribution < 1.29 is 4.79 Å². The summed E-state index contributed by atoms with van der Waals surface area (Å²) in [6.45, 7) is 1.98.